The zero-order valence-corrected chi connectivity index (χ0v) is 20.2. The molecule has 1 heterocycles. The predicted octanol–water partition coefficient (Wildman–Crippen LogP) is 5.24. The smallest absolute Gasteiger partial charge is 0.142 e. The fourth-order valence-electron chi connectivity index (χ4n) is 4.80. The van der Waals surface area contributed by atoms with Crippen LogP contribution in [0.1, 0.15) is 32.1 Å². The van der Waals surface area contributed by atoms with Crippen molar-refractivity contribution in [2.75, 3.05) is 44.7 Å². The third kappa shape index (κ3) is 6.76. The van der Waals surface area contributed by atoms with E-state index in [2.05, 4.69) is 58.3 Å². The van der Waals surface area contributed by atoms with Crippen molar-refractivity contribution in [2.45, 2.75) is 38.1 Å². The van der Waals surface area contributed by atoms with Crippen LogP contribution in [0.15, 0.2) is 48.5 Å². The summed E-state index contributed by atoms with van der Waals surface area (Å²) in [7, 11) is 1.78. The van der Waals surface area contributed by atoms with Crippen molar-refractivity contribution in [3.05, 3.63) is 48.5 Å². The second kappa shape index (κ2) is 12.5. The van der Waals surface area contributed by atoms with Gasteiger partial charge in [0, 0.05) is 32.2 Å². The maximum absolute atomic E-state index is 6.05. The van der Waals surface area contributed by atoms with Crippen LogP contribution in [0.3, 0.4) is 0 Å². The number of ether oxygens (including phenoxy) is 1. The summed E-state index contributed by atoms with van der Waals surface area (Å²) < 4.78 is 5.76. The molecule has 1 saturated heterocycles. The first kappa shape index (κ1) is 25.8. The topological polar surface area (TPSA) is 41.7 Å². The summed E-state index contributed by atoms with van der Waals surface area (Å²) in [6, 6.07) is 17.6. The SMILES string of the molecule is COc1cc(-c2ccccc2)ccc1N1CCN(CCC2CCC(N)CC2)CC1.Cl.Cl. The highest BCUT2D eigenvalue weighted by Crippen LogP contribution is 2.34. The highest BCUT2D eigenvalue weighted by Gasteiger charge is 2.22. The van der Waals surface area contributed by atoms with Gasteiger partial charge in [0.15, 0.2) is 0 Å². The fourth-order valence-corrected chi connectivity index (χ4v) is 4.80. The highest BCUT2D eigenvalue weighted by atomic mass is 35.5. The van der Waals surface area contributed by atoms with Gasteiger partial charge in [0.1, 0.15) is 5.75 Å². The zero-order valence-electron chi connectivity index (χ0n) is 18.5. The van der Waals surface area contributed by atoms with E-state index in [0.717, 1.165) is 37.8 Å². The molecule has 1 aliphatic heterocycles. The van der Waals surface area contributed by atoms with Crippen LogP contribution < -0.4 is 15.4 Å². The summed E-state index contributed by atoms with van der Waals surface area (Å²) in [6.45, 7) is 5.64. The van der Waals surface area contributed by atoms with Crippen LogP contribution in [-0.4, -0.2) is 50.8 Å². The Morgan fingerprint density at radius 1 is 0.871 bits per heavy atom. The number of benzene rings is 2. The monoisotopic (exact) mass is 465 g/mol. The summed E-state index contributed by atoms with van der Waals surface area (Å²) in [4.78, 5) is 5.11. The Balaban J connectivity index is 0.00000171. The standard InChI is InChI=1S/C25H35N3O.2ClH/c1-29-25-19-22(21-5-3-2-4-6-21)9-12-24(25)28-17-15-27(16-18-28)14-13-20-7-10-23(26)11-8-20;;/h2-6,9,12,19-20,23H,7-8,10-11,13-18,26H2,1H3;2*1H. The second-order valence-electron chi connectivity index (χ2n) is 8.65. The van der Waals surface area contributed by atoms with Gasteiger partial charge in [-0.2, -0.15) is 0 Å². The van der Waals surface area contributed by atoms with E-state index in [4.69, 9.17) is 10.5 Å². The second-order valence-corrected chi connectivity index (χ2v) is 8.65. The quantitative estimate of drug-likeness (QED) is 0.633. The van der Waals surface area contributed by atoms with E-state index in [9.17, 15) is 0 Å². The van der Waals surface area contributed by atoms with E-state index in [1.165, 1.54) is 55.5 Å². The lowest BCUT2D eigenvalue weighted by Crippen LogP contribution is -2.47. The minimum atomic E-state index is 0. The molecule has 0 atom stereocenters. The average molecular weight is 466 g/mol. The molecule has 2 aromatic carbocycles. The first-order chi connectivity index (χ1) is 14.2. The van der Waals surface area contributed by atoms with Crippen molar-refractivity contribution >= 4 is 30.5 Å². The summed E-state index contributed by atoms with van der Waals surface area (Å²) in [5.74, 6) is 1.86. The van der Waals surface area contributed by atoms with Crippen LogP contribution in [0.25, 0.3) is 11.1 Å². The largest absolute Gasteiger partial charge is 0.495 e. The molecule has 0 spiro atoms. The number of nitrogens with zero attached hydrogens (tertiary/aromatic N) is 2. The molecule has 2 aliphatic rings. The van der Waals surface area contributed by atoms with Crippen LogP contribution in [0, 0.1) is 5.92 Å². The van der Waals surface area contributed by atoms with E-state index in [1.807, 2.05) is 0 Å². The molecule has 6 heteroatoms. The van der Waals surface area contributed by atoms with Gasteiger partial charge in [-0.1, -0.05) is 36.4 Å². The van der Waals surface area contributed by atoms with Crippen LogP contribution in [-0.2, 0) is 0 Å². The van der Waals surface area contributed by atoms with Crippen LogP contribution in [0.2, 0.25) is 0 Å². The summed E-state index contributed by atoms with van der Waals surface area (Å²) in [5, 5.41) is 0. The molecule has 0 unspecified atom stereocenters. The molecule has 172 valence electrons. The van der Waals surface area contributed by atoms with Gasteiger partial charge in [-0.05, 0) is 67.8 Å². The third-order valence-electron chi connectivity index (χ3n) is 6.74. The molecule has 2 N–H and O–H groups in total. The molecule has 2 aromatic rings. The van der Waals surface area contributed by atoms with Gasteiger partial charge >= 0.3 is 0 Å². The normalized spacial score (nSPS) is 21.7. The van der Waals surface area contributed by atoms with Crippen molar-refractivity contribution in [3.63, 3.8) is 0 Å². The number of hydrogen-bond donors (Lipinski definition) is 1. The summed E-state index contributed by atoms with van der Waals surface area (Å²) >= 11 is 0. The van der Waals surface area contributed by atoms with Gasteiger partial charge in [0.2, 0.25) is 0 Å². The average Bonchev–Trinajstić information content (AvgIpc) is 2.79. The lowest BCUT2D eigenvalue weighted by Gasteiger charge is -2.37. The van der Waals surface area contributed by atoms with Gasteiger partial charge in [0.25, 0.3) is 0 Å². The lowest BCUT2D eigenvalue weighted by atomic mass is 9.84. The minimum Gasteiger partial charge on any atom is -0.495 e. The van der Waals surface area contributed by atoms with Gasteiger partial charge in [0.05, 0.1) is 12.8 Å². The lowest BCUT2D eigenvalue weighted by molar-refractivity contribution is 0.216. The maximum Gasteiger partial charge on any atom is 0.142 e. The van der Waals surface area contributed by atoms with Crippen LogP contribution in [0.4, 0.5) is 5.69 Å². The van der Waals surface area contributed by atoms with Crippen molar-refractivity contribution in [1.82, 2.24) is 4.90 Å². The molecule has 4 rings (SSSR count). The van der Waals surface area contributed by atoms with Crippen molar-refractivity contribution < 1.29 is 4.74 Å². The van der Waals surface area contributed by atoms with Gasteiger partial charge < -0.3 is 15.4 Å². The Labute approximate surface area is 200 Å². The molecule has 0 bridgehead atoms. The Bertz CT molecular complexity index is 774. The molecule has 0 aromatic heterocycles. The molecule has 1 aliphatic carbocycles. The molecule has 0 amide bonds. The number of rotatable bonds is 6. The van der Waals surface area contributed by atoms with Crippen molar-refractivity contribution in [2.24, 2.45) is 11.7 Å². The third-order valence-corrected chi connectivity index (χ3v) is 6.74. The van der Waals surface area contributed by atoms with Crippen molar-refractivity contribution in [1.29, 1.82) is 0 Å². The van der Waals surface area contributed by atoms with Gasteiger partial charge in [-0.25, -0.2) is 0 Å². The first-order valence-corrected chi connectivity index (χ1v) is 11.2. The molecule has 0 radical (unpaired) electrons. The maximum atomic E-state index is 6.05. The molecule has 4 nitrogen and oxygen atoms in total. The number of nitrogens with two attached hydrogens (primary N) is 1. The van der Waals surface area contributed by atoms with E-state index in [1.54, 1.807) is 7.11 Å². The Hall–Kier alpha value is -1.46. The summed E-state index contributed by atoms with van der Waals surface area (Å²) in [5.41, 5.74) is 9.70. The number of piperazine rings is 1. The summed E-state index contributed by atoms with van der Waals surface area (Å²) in [6.07, 6.45) is 6.43. The Morgan fingerprint density at radius 2 is 1.55 bits per heavy atom. The molecule has 31 heavy (non-hydrogen) atoms. The van der Waals surface area contributed by atoms with E-state index in [0.29, 0.717) is 6.04 Å². The molecule has 2 fully saturated rings. The number of anilines is 1. The molecular formula is C25H37Cl2N3O. The van der Waals surface area contributed by atoms with E-state index >= 15 is 0 Å². The number of hydrogen-bond acceptors (Lipinski definition) is 4. The Morgan fingerprint density at radius 3 is 2.19 bits per heavy atom. The number of methoxy groups -OCH3 is 1. The fraction of sp³-hybridized carbons (Fsp3) is 0.520. The minimum absolute atomic E-state index is 0. The van der Waals surface area contributed by atoms with Crippen LogP contribution >= 0.6 is 24.8 Å². The van der Waals surface area contributed by atoms with Crippen molar-refractivity contribution in [3.8, 4) is 16.9 Å². The van der Waals surface area contributed by atoms with Gasteiger partial charge in [-0.3, -0.25) is 4.90 Å². The molecule has 1 saturated carbocycles. The Kier molecular flexibility index (Phi) is 10.4. The van der Waals surface area contributed by atoms with E-state index in [-0.39, 0.29) is 24.8 Å². The van der Waals surface area contributed by atoms with Crippen LogP contribution in [0.5, 0.6) is 5.75 Å². The van der Waals surface area contributed by atoms with E-state index < -0.39 is 0 Å². The zero-order chi connectivity index (χ0) is 20.1. The molecular weight excluding hydrogens is 429 g/mol. The predicted molar refractivity (Wildman–Crippen MR) is 136 cm³/mol. The highest BCUT2D eigenvalue weighted by molar-refractivity contribution is 5.85. The van der Waals surface area contributed by atoms with Gasteiger partial charge in [-0.15, -0.1) is 24.8 Å². The first-order valence-electron chi connectivity index (χ1n) is 11.2. The number of halogens is 2.